The van der Waals surface area contributed by atoms with Crippen molar-refractivity contribution in [3.05, 3.63) is 29.3 Å². The first-order chi connectivity index (χ1) is 7.13. The molecule has 1 aromatic rings. The fourth-order valence-electron chi connectivity index (χ4n) is 2.22. The number of hydrogen-bond donors (Lipinski definition) is 1. The third-order valence-corrected chi connectivity index (χ3v) is 2.85. The van der Waals surface area contributed by atoms with Crippen LogP contribution in [0.3, 0.4) is 0 Å². The van der Waals surface area contributed by atoms with Crippen LogP contribution in [0.15, 0.2) is 18.2 Å². The molecule has 1 aliphatic rings. The minimum atomic E-state index is -0.166. The Labute approximate surface area is 90.9 Å². The van der Waals surface area contributed by atoms with Crippen LogP contribution in [-0.4, -0.2) is 17.3 Å². The van der Waals surface area contributed by atoms with Crippen LogP contribution in [0, 0.1) is 13.8 Å². The summed E-state index contributed by atoms with van der Waals surface area (Å²) in [6.45, 7) is 4.15. The maximum absolute atomic E-state index is 9.41. The Kier molecular flexibility index (Phi) is 2.96. The number of hydrogen-bond acceptors (Lipinski definition) is 2. The zero-order chi connectivity index (χ0) is 10.8. The number of rotatable bonds is 2. The Morgan fingerprint density at radius 3 is 2.33 bits per heavy atom. The second-order valence-electron chi connectivity index (χ2n) is 4.53. The molecular weight excluding hydrogens is 188 g/mol. The highest BCUT2D eigenvalue weighted by Crippen LogP contribution is 2.25. The van der Waals surface area contributed by atoms with E-state index in [0.717, 1.165) is 25.0 Å². The van der Waals surface area contributed by atoms with Crippen LogP contribution >= 0.6 is 0 Å². The quantitative estimate of drug-likeness (QED) is 0.806. The van der Waals surface area contributed by atoms with E-state index in [1.165, 1.54) is 11.1 Å². The summed E-state index contributed by atoms with van der Waals surface area (Å²) >= 11 is 0. The molecule has 1 saturated carbocycles. The van der Waals surface area contributed by atoms with Crippen molar-refractivity contribution in [2.45, 2.75) is 45.3 Å². The van der Waals surface area contributed by atoms with Crippen molar-refractivity contribution < 1.29 is 9.84 Å². The van der Waals surface area contributed by atoms with Crippen molar-refractivity contribution in [3.63, 3.8) is 0 Å². The van der Waals surface area contributed by atoms with Gasteiger partial charge in [0.25, 0.3) is 0 Å². The van der Waals surface area contributed by atoms with E-state index in [2.05, 4.69) is 32.0 Å². The fraction of sp³-hybridized carbons (Fsp3) is 0.538. The van der Waals surface area contributed by atoms with Crippen molar-refractivity contribution in [2.75, 3.05) is 0 Å². The molecule has 1 fully saturated rings. The molecule has 0 bridgehead atoms. The molecular formula is C13H18O2. The van der Waals surface area contributed by atoms with Crippen LogP contribution < -0.4 is 4.74 Å². The Hall–Kier alpha value is -1.02. The standard InChI is InChI=1S/C13H18O2/c1-9-5-10(2)7-13(6-9)15-12-4-3-11(14)8-12/h5-7,11-12,14H,3-4,8H2,1-2H3. The van der Waals surface area contributed by atoms with Gasteiger partial charge in [-0.25, -0.2) is 0 Å². The lowest BCUT2D eigenvalue weighted by Crippen LogP contribution is -2.13. The lowest BCUT2D eigenvalue weighted by molar-refractivity contribution is 0.149. The van der Waals surface area contributed by atoms with Crippen molar-refractivity contribution >= 4 is 0 Å². The number of aryl methyl sites for hydroxylation is 2. The van der Waals surface area contributed by atoms with Crippen LogP contribution in [0.4, 0.5) is 0 Å². The van der Waals surface area contributed by atoms with E-state index in [0.29, 0.717) is 0 Å². The summed E-state index contributed by atoms with van der Waals surface area (Å²) in [6.07, 6.45) is 2.64. The first-order valence-corrected chi connectivity index (χ1v) is 5.56. The molecule has 0 saturated heterocycles. The Balaban J connectivity index is 2.04. The molecule has 2 unspecified atom stereocenters. The first kappa shape index (κ1) is 10.5. The van der Waals surface area contributed by atoms with Gasteiger partial charge in [-0.3, -0.25) is 0 Å². The van der Waals surface area contributed by atoms with Gasteiger partial charge in [0.05, 0.1) is 6.10 Å². The van der Waals surface area contributed by atoms with Crippen molar-refractivity contribution in [2.24, 2.45) is 0 Å². The molecule has 1 aromatic carbocycles. The molecule has 2 heteroatoms. The van der Waals surface area contributed by atoms with Crippen molar-refractivity contribution in [1.82, 2.24) is 0 Å². The number of benzene rings is 1. The predicted molar refractivity (Wildman–Crippen MR) is 60.2 cm³/mol. The van der Waals surface area contributed by atoms with E-state index < -0.39 is 0 Å². The van der Waals surface area contributed by atoms with Gasteiger partial charge >= 0.3 is 0 Å². The molecule has 15 heavy (non-hydrogen) atoms. The third kappa shape index (κ3) is 2.72. The molecule has 0 heterocycles. The van der Waals surface area contributed by atoms with Crippen LogP contribution in [0.2, 0.25) is 0 Å². The summed E-state index contributed by atoms with van der Waals surface area (Å²) in [6, 6.07) is 6.24. The Morgan fingerprint density at radius 2 is 1.80 bits per heavy atom. The minimum absolute atomic E-state index is 0.166. The highest BCUT2D eigenvalue weighted by molar-refractivity contribution is 5.33. The molecule has 1 N–H and O–H groups in total. The summed E-state index contributed by atoms with van der Waals surface area (Å²) in [7, 11) is 0. The number of aliphatic hydroxyl groups excluding tert-OH is 1. The van der Waals surface area contributed by atoms with E-state index in [1.807, 2.05) is 0 Å². The van der Waals surface area contributed by atoms with E-state index >= 15 is 0 Å². The van der Waals surface area contributed by atoms with Gasteiger partial charge < -0.3 is 9.84 Å². The van der Waals surface area contributed by atoms with Crippen LogP contribution in [0.25, 0.3) is 0 Å². The Morgan fingerprint density at radius 1 is 1.13 bits per heavy atom. The third-order valence-electron chi connectivity index (χ3n) is 2.85. The second-order valence-corrected chi connectivity index (χ2v) is 4.53. The average molecular weight is 206 g/mol. The number of aliphatic hydroxyl groups is 1. The summed E-state index contributed by atoms with van der Waals surface area (Å²) in [5, 5.41) is 9.41. The van der Waals surface area contributed by atoms with Gasteiger partial charge in [-0.2, -0.15) is 0 Å². The van der Waals surface area contributed by atoms with Crippen molar-refractivity contribution in [1.29, 1.82) is 0 Å². The smallest absolute Gasteiger partial charge is 0.120 e. The van der Waals surface area contributed by atoms with Gasteiger partial charge in [-0.1, -0.05) is 6.07 Å². The summed E-state index contributed by atoms with van der Waals surface area (Å²) in [5.41, 5.74) is 2.45. The lowest BCUT2D eigenvalue weighted by Gasteiger charge is -2.14. The average Bonchev–Trinajstić information content (AvgIpc) is 2.49. The van der Waals surface area contributed by atoms with Gasteiger partial charge in [-0.15, -0.1) is 0 Å². The molecule has 0 spiro atoms. The van der Waals surface area contributed by atoms with Crippen molar-refractivity contribution in [3.8, 4) is 5.75 Å². The van der Waals surface area contributed by atoms with Crippen LogP contribution in [0.1, 0.15) is 30.4 Å². The molecule has 82 valence electrons. The van der Waals surface area contributed by atoms with Gasteiger partial charge in [0.15, 0.2) is 0 Å². The summed E-state index contributed by atoms with van der Waals surface area (Å²) in [5.74, 6) is 0.937. The van der Waals surface area contributed by atoms with Crippen LogP contribution in [-0.2, 0) is 0 Å². The van der Waals surface area contributed by atoms with Gasteiger partial charge in [0, 0.05) is 6.42 Å². The molecule has 2 rings (SSSR count). The molecule has 0 amide bonds. The highest BCUT2D eigenvalue weighted by atomic mass is 16.5. The predicted octanol–water partition coefficient (Wildman–Crippen LogP) is 2.60. The molecule has 0 radical (unpaired) electrons. The molecule has 1 aliphatic carbocycles. The lowest BCUT2D eigenvalue weighted by atomic mass is 10.1. The largest absolute Gasteiger partial charge is 0.490 e. The zero-order valence-corrected chi connectivity index (χ0v) is 9.36. The highest BCUT2D eigenvalue weighted by Gasteiger charge is 2.24. The van der Waals surface area contributed by atoms with Crippen LogP contribution in [0.5, 0.6) is 5.75 Å². The summed E-state index contributed by atoms with van der Waals surface area (Å²) in [4.78, 5) is 0. The normalized spacial score (nSPS) is 25.5. The molecule has 2 atom stereocenters. The molecule has 0 aliphatic heterocycles. The SMILES string of the molecule is Cc1cc(C)cc(OC2CCC(O)C2)c1. The van der Waals surface area contributed by atoms with Gasteiger partial charge in [0.1, 0.15) is 11.9 Å². The van der Waals surface area contributed by atoms with E-state index in [9.17, 15) is 5.11 Å². The molecule has 2 nitrogen and oxygen atoms in total. The number of ether oxygens (including phenoxy) is 1. The van der Waals surface area contributed by atoms with E-state index in [4.69, 9.17) is 4.74 Å². The maximum Gasteiger partial charge on any atom is 0.120 e. The summed E-state index contributed by atoms with van der Waals surface area (Å²) < 4.78 is 5.85. The first-order valence-electron chi connectivity index (χ1n) is 5.56. The minimum Gasteiger partial charge on any atom is -0.490 e. The fourth-order valence-corrected chi connectivity index (χ4v) is 2.22. The maximum atomic E-state index is 9.41. The van der Waals surface area contributed by atoms with Gasteiger partial charge in [-0.05, 0) is 49.9 Å². The topological polar surface area (TPSA) is 29.5 Å². The molecule has 0 aromatic heterocycles. The Bertz CT molecular complexity index is 326. The van der Waals surface area contributed by atoms with Gasteiger partial charge in [0.2, 0.25) is 0 Å². The zero-order valence-electron chi connectivity index (χ0n) is 9.36. The monoisotopic (exact) mass is 206 g/mol. The second kappa shape index (κ2) is 4.23. The van der Waals surface area contributed by atoms with E-state index in [-0.39, 0.29) is 12.2 Å². The van der Waals surface area contributed by atoms with E-state index in [1.54, 1.807) is 0 Å².